The Labute approximate surface area is 126 Å². The van der Waals surface area contributed by atoms with Crippen LogP contribution in [-0.4, -0.2) is 66.0 Å². The average Bonchev–Trinajstić information content (AvgIpc) is 2.45. The minimum absolute atomic E-state index is 0.213. The van der Waals surface area contributed by atoms with Crippen molar-refractivity contribution >= 4 is 5.97 Å². The molecule has 0 aromatic heterocycles. The first-order chi connectivity index (χ1) is 9.90. The molecule has 0 aromatic rings. The number of unbranched alkanes of at least 4 members (excludes halogenated alkanes) is 2. The van der Waals surface area contributed by atoms with E-state index in [1.165, 1.54) is 7.11 Å². The maximum absolute atomic E-state index is 11.1. The number of hydrogen-bond acceptors (Lipinski definition) is 6. The lowest BCUT2D eigenvalue weighted by Gasteiger charge is -2.32. The van der Waals surface area contributed by atoms with Gasteiger partial charge < -0.3 is 30.5 Å². The molecule has 0 aliphatic rings. The first-order valence-electron chi connectivity index (χ1n) is 7.35. The van der Waals surface area contributed by atoms with Crippen LogP contribution in [0.5, 0.6) is 0 Å². The minimum Gasteiger partial charge on any atom is -0.480 e. The minimum atomic E-state index is -2.02. The van der Waals surface area contributed by atoms with E-state index in [0.29, 0.717) is 19.6 Å². The lowest BCUT2D eigenvalue weighted by molar-refractivity contribution is -0.156. The van der Waals surface area contributed by atoms with E-state index in [4.69, 9.17) is 20.3 Å². The van der Waals surface area contributed by atoms with Crippen LogP contribution in [0.2, 0.25) is 0 Å². The van der Waals surface area contributed by atoms with Crippen LogP contribution in [-0.2, 0) is 14.3 Å². The summed E-state index contributed by atoms with van der Waals surface area (Å²) in [6, 6.07) is 0. The molecule has 0 saturated carbocycles. The number of hydrogen-bond donors (Lipinski definition) is 4. The molecule has 0 aromatic carbocycles. The van der Waals surface area contributed by atoms with E-state index >= 15 is 0 Å². The van der Waals surface area contributed by atoms with Gasteiger partial charge in [0, 0.05) is 20.3 Å². The van der Waals surface area contributed by atoms with Crippen LogP contribution in [0.4, 0.5) is 0 Å². The third-order valence-corrected chi connectivity index (χ3v) is 3.35. The number of aliphatic hydroxyl groups is 2. The maximum Gasteiger partial charge on any atom is 0.328 e. The molecule has 0 saturated heterocycles. The zero-order chi connectivity index (χ0) is 16.3. The summed E-state index contributed by atoms with van der Waals surface area (Å²) in [6.07, 6.45) is 1.14. The van der Waals surface area contributed by atoms with Crippen molar-refractivity contribution in [3.63, 3.8) is 0 Å². The van der Waals surface area contributed by atoms with Gasteiger partial charge in [0.1, 0.15) is 6.10 Å². The standard InChI is InChI=1S/C14H29NO6/c1-3-4-5-8-21-9-6-7-11(16)12(17)14(15,10-20-2)13(18)19/h11-12,16-17H,3-10,15H2,1-2H3,(H,18,19). The number of aliphatic hydroxyl groups excluding tert-OH is 2. The van der Waals surface area contributed by atoms with Gasteiger partial charge in [-0.05, 0) is 19.3 Å². The van der Waals surface area contributed by atoms with Crippen molar-refractivity contribution in [3.8, 4) is 0 Å². The van der Waals surface area contributed by atoms with Crippen molar-refractivity contribution in [1.82, 2.24) is 0 Å². The van der Waals surface area contributed by atoms with Crippen molar-refractivity contribution in [2.75, 3.05) is 26.9 Å². The molecule has 7 nitrogen and oxygen atoms in total. The molecule has 0 rings (SSSR count). The SMILES string of the molecule is CCCCCOCCCC(O)C(O)C(N)(COC)C(=O)O. The fourth-order valence-corrected chi connectivity index (χ4v) is 1.96. The molecule has 21 heavy (non-hydrogen) atoms. The van der Waals surface area contributed by atoms with Crippen molar-refractivity contribution in [2.45, 2.75) is 56.8 Å². The van der Waals surface area contributed by atoms with Crippen LogP contribution >= 0.6 is 0 Å². The van der Waals surface area contributed by atoms with Crippen LogP contribution in [0.15, 0.2) is 0 Å². The molecule has 0 bridgehead atoms. The topological polar surface area (TPSA) is 122 Å². The van der Waals surface area contributed by atoms with Gasteiger partial charge in [-0.15, -0.1) is 0 Å². The molecular formula is C14H29NO6. The average molecular weight is 307 g/mol. The Kier molecular flexibility index (Phi) is 10.5. The lowest BCUT2D eigenvalue weighted by atomic mass is 9.89. The van der Waals surface area contributed by atoms with Gasteiger partial charge in [0.2, 0.25) is 0 Å². The van der Waals surface area contributed by atoms with Crippen molar-refractivity contribution in [2.24, 2.45) is 5.73 Å². The van der Waals surface area contributed by atoms with E-state index in [0.717, 1.165) is 19.3 Å². The molecule has 0 radical (unpaired) electrons. The third-order valence-electron chi connectivity index (χ3n) is 3.35. The van der Waals surface area contributed by atoms with E-state index in [1.807, 2.05) is 0 Å². The second kappa shape index (κ2) is 10.9. The molecule has 0 fully saturated rings. The van der Waals surface area contributed by atoms with Crippen LogP contribution in [0.3, 0.4) is 0 Å². The fraction of sp³-hybridized carbons (Fsp3) is 0.929. The normalized spacial score (nSPS) is 17.2. The van der Waals surface area contributed by atoms with E-state index in [-0.39, 0.29) is 13.0 Å². The molecule has 0 heterocycles. The molecule has 126 valence electrons. The van der Waals surface area contributed by atoms with Crippen LogP contribution in [0, 0.1) is 0 Å². The lowest BCUT2D eigenvalue weighted by Crippen LogP contribution is -2.64. The summed E-state index contributed by atoms with van der Waals surface area (Å²) in [5.41, 5.74) is 3.60. The summed E-state index contributed by atoms with van der Waals surface area (Å²) in [6.45, 7) is 2.86. The molecule has 5 N–H and O–H groups in total. The summed E-state index contributed by atoms with van der Waals surface area (Å²) in [7, 11) is 1.29. The number of aliphatic carboxylic acids is 1. The van der Waals surface area contributed by atoms with Gasteiger partial charge in [-0.3, -0.25) is 4.79 Å². The third kappa shape index (κ3) is 7.19. The Morgan fingerprint density at radius 2 is 1.86 bits per heavy atom. The number of methoxy groups -OCH3 is 1. The van der Waals surface area contributed by atoms with E-state index in [1.54, 1.807) is 0 Å². The van der Waals surface area contributed by atoms with Gasteiger partial charge in [-0.25, -0.2) is 0 Å². The number of rotatable bonds is 13. The van der Waals surface area contributed by atoms with Crippen LogP contribution in [0.1, 0.15) is 39.0 Å². The van der Waals surface area contributed by atoms with E-state index < -0.39 is 23.7 Å². The second-order valence-electron chi connectivity index (χ2n) is 5.25. The number of carboxylic acid groups (broad SMARTS) is 1. The number of ether oxygens (including phenoxy) is 2. The molecule has 7 heteroatoms. The Bertz CT molecular complexity index is 289. The Balaban J connectivity index is 4.08. The summed E-state index contributed by atoms with van der Waals surface area (Å²) in [5, 5.41) is 28.9. The van der Waals surface area contributed by atoms with Crippen molar-refractivity contribution in [1.29, 1.82) is 0 Å². The zero-order valence-electron chi connectivity index (χ0n) is 13.0. The monoisotopic (exact) mass is 307 g/mol. The zero-order valence-corrected chi connectivity index (χ0v) is 13.0. The number of carboxylic acids is 1. The summed E-state index contributed by atoms with van der Waals surface area (Å²) < 4.78 is 10.1. The molecule has 3 unspecified atom stereocenters. The highest BCUT2D eigenvalue weighted by Gasteiger charge is 2.45. The van der Waals surface area contributed by atoms with E-state index in [2.05, 4.69) is 6.92 Å². The molecule has 0 aliphatic heterocycles. The fourth-order valence-electron chi connectivity index (χ4n) is 1.96. The first kappa shape index (κ1) is 20.3. The Hall–Kier alpha value is -0.730. The molecule has 3 atom stereocenters. The highest BCUT2D eigenvalue weighted by molar-refractivity contribution is 5.79. The number of carbonyl (C=O) groups is 1. The second-order valence-corrected chi connectivity index (χ2v) is 5.25. The quantitative estimate of drug-likeness (QED) is 0.356. The molecular weight excluding hydrogens is 278 g/mol. The summed E-state index contributed by atoms with van der Waals surface area (Å²) >= 11 is 0. The van der Waals surface area contributed by atoms with Crippen molar-refractivity contribution < 1.29 is 29.6 Å². The Morgan fingerprint density at radius 3 is 2.38 bits per heavy atom. The van der Waals surface area contributed by atoms with Crippen LogP contribution in [0.25, 0.3) is 0 Å². The first-order valence-corrected chi connectivity index (χ1v) is 7.35. The predicted octanol–water partition coefficient (Wildman–Crippen LogP) is 0.124. The molecule has 0 amide bonds. The summed E-state index contributed by atoms with van der Waals surface area (Å²) in [5.74, 6) is -1.41. The molecule has 0 aliphatic carbocycles. The molecule has 0 spiro atoms. The van der Waals surface area contributed by atoms with Gasteiger partial charge in [-0.1, -0.05) is 19.8 Å². The van der Waals surface area contributed by atoms with Gasteiger partial charge in [0.05, 0.1) is 12.7 Å². The van der Waals surface area contributed by atoms with Gasteiger partial charge >= 0.3 is 5.97 Å². The highest BCUT2D eigenvalue weighted by Crippen LogP contribution is 2.16. The van der Waals surface area contributed by atoms with Gasteiger partial charge in [-0.2, -0.15) is 0 Å². The predicted molar refractivity (Wildman–Crippen MR) is 78.0 cm³/mol. The highest BCUT2D eigenvalue weighted by atomic mass is 16.5. The van der Waals surface area contributed by atoms with Gasteiger partial charge in [0.25, 0.3) is 0 Å². The van der Waals surface area contributed by atoms with Crippen LogP contribution < -0.4 is 5.73 Å². The largest absolute Gasteiger partial charge is 0.480 e. The van der Waals surface area contributed by atoms with E-state index in [9.17, 15) is 15.0 Å². The summed E-state index contributed by atoms with van der Waals surface area (Å²) in [4.78, 5) is 11.1. The van der Waals surface area contributed by atoms with Crippen molar-refractivity contribution in [3.05, 3.63) is 0 Å². The maximum atomic E-state index is 11.1. The number of nitrogens with two attached hydrogens (primary N) is 1. The smallest absolute Gasteiger partial charge is 0.328 e. The van der Waals surface area contributed by atoms with Gasteiger partial charge in [0.15, 0.2) is 5.54 Å². The Morgan fingerprint density at radius 1 is 1.24 bits per heavy atom.